The molecule has 0 spiro atoms. The first kappa shape index (κ1) is 20.0. The molecular formula is C24H22FN5O2. The van der Waals surface area contributed by atoms with Crippen LogP contribution >= 0.6 is 0 Å². The van der Waals surface area contributed by atoms with Gasteiger partial charge >= 0.3 is 0 Å². The Bertz CT molecular complexity index is 1290. The van der Waals surface area contributed by atoms with Crippen LogP contribution in [0.4, 0.5) is 15.9 Å². The van der Waals surface area contributed by atoms with Gasteiger partial charge in [0.15, 0.2) is 5.65 Å². The fourth-order valence-electron chi connectivity index (χ4n) is 4.23. The molecule has 1 saturated heterocycles. The molecule has 1 fully saturated rings. The van der Waals surface area contributed by atoms with Gasteiger partial charge in [0, 0.05) is 12.7 Å². The number of anilines is 2. The van der Waals surface area contributed by atoms with E-state index in [1.165, 1.54) is 13.2 Å². The van der Waals surface area contributed by atoms with E-state index in [0.29, 0.717) is 22.6 Å². The molecule has 3 heterocycles. The van der Waals surface area contributed by atoms with Gasteiger partial charge in [0.1, 0.15) is 23.1 Å². The number of aromatic nitrogens is 3. The predicted octanol–water partition coefficient (Wildman–Crippen LogP) is 4.47. The van der Waals surface area contributed by atoms with Crippen molar-refractivity contribution in [1.82, 2.24) is 14.6 Å². The van der Waals surface area contributed by atoms with Crippen molar-refractivity contribution in [3.8, 4) is 5.75 Å². The van der Waals surface area contributed by atoms with Crippen molar-refractivity contribution in [2.45, 2.75) is 18.9 Å². The van der Waals surface area contributed by atoms with Gasteiger partial charge in [-0.2, -0.15) is 5.10 Å². The molecule has 1 aliphatic heterocycles. The maximum atomic E-state index is 13.8. The lowest BCUT2D eigenvalue weighted by Gasteiger charge is -2.26. The standard InChI is InChI=1S/C24H22FN5O2/c1-32-21-10-3-2-8-18(21)24(31)27-19-15-26-30-13-11-22(28-23(19)30)29-12-5-9-20(29)16-6-4-7-17(25)14-16/h2-4,6-8,10-11,13-15,20H,5,9,12H2,1H3,(H,27,31)/t20-/m1/s1. The summed E-state index contributed by atoms with van der Waals surface area (Å²) in [5, 5.41) is 7.20. The predicted molar refractivity (Wildman–Crippen MR) is 120 cm³/mol. The van der Waals surface area contributed by atoms with Crippen molar-refractivity contribution >= 4 is 23.1 Å². The van der Waals surface area contributed by atoms with E-state index in [1.54, 1.807) is 41.0 Å². The van der Waals surface area contributed by atoms with Crippen LogP contribution in [0.3, 0.4) is 0 Å². The van der Waals surface area contributed by atoms with Crippen molar-refractivity contribution < 1.29 is 13.9 Å². The lowest BCUT2D eigenvalue weighted by Crippen LogP contribution is -2.24. The Balaban J connectivity index is 1.46. The normalized spacial score (nSPS) is 15.8. The first-order valence-electron chi connectivity index (χ1n) is 10.4. The molecule has 7 nitrogen and oxygen atoms in total. The van der Waals surface area contributed by atoms with Crippen LogP contribution in [-0.4, -0.2) is 34.2 Å². The average molecular weight is 431 g/mol. The second kappa shape index (κ2) is 8.30. The van der Waals surface area contributed by atoms with Gasteiger partial charge in [0.2, 0.25) is 0 Å². The second-order valence-corrected chi connectivity index (χ2v) is 7.67. The lowest BCUT2D eigenvalue weighted by molar-refractivity contribution is 0.102. The molecule has 4 aromatic rings. The van der Waals surface area contributed by atoms with Gasteiger partial charge in [0.25, 0.3) is 5.91 Å². The minimum atomic E-state index is -0.302. The molecule has 0 radical (unpaired) electrons. The molecule has 0 bridgehead atoms. The molecule has 5 rings (SSSR count). The zero-order valence-corrected chi connectivity index (χ0v) is 17.5. The molecule has 0 saturated carbocycles. The topological polar surface area (TPSA) is 71.8 Å². The number of para-hydroxylation sites is 1. The molecule has 2 aromatic carbocycles. The summed E-state index contributed by atoms with van der Waals surface area (Å²) in [4.78, 5) is 19.8. The zero-order valence-electron chi connectivity index (χ0n) is 17.5. The van der Waals surface area contributed by atoms with Gasteiger partial charge in [-0.25, -0.2) is 13.9 Å². The smallest absolute Gasteiger partial charge is 0.259 e. The van der Waals surface area contributed by atoms with Gasteiger partial charge in [-0.05, 0) is 48.7 Å². The third-order valence-electron chi connectivity index (χ3n) is 5.73. The minimum absolute atomic E-state index is 0.0511. The van der Waals surface area contributed by atoms with Crippen LogP contribution in [0.5, 0.6) is 5.75 Å². The molecule has 162 valence electrons. The van der Waals surface area contributed by atoms with Crippen molar-refractivity contribution in [1.29, 1.82) is 0 Å². The highest BCUT2D eigenvalue weighted by Crippen LogP contribution is 2.36. The summed E-state index contributed by atoms with van der Waals surface area (Å²) in [5.74, 6) is 0.709. The van der Waals surface area contributed by atoms with Gasteiger partial charge in [0.05, 0.1) is 24.9 Å². The average Bonchev–Trinajstić information content (AvgIpc) is 3.46. The monoisotopic (exact) mass is 431 g/mol. The van der Waals surface area contributed by atoms with E-state index in [-0.39, 0.29) is 17.8 Å². The highest BCUT2D eigenvalue weighted by Gasteiger charge is 2.28. The van der Waals surface area contributed by atoms with E-state index in [0.717, 1.165) is 30.8 Å². The van der Waals surface area contributed by atoms with Crippen LogP contribution < -0.4 is 15.0 Å². The Morgan fingerprint density at radius 3 is 2.91 bits per heavy atom. The van der Waals surface area contributed by atoms with Crippen LogP contribution in [0.1, 0.15) is 34.8 Å². The maximum absolute atomic E-state index is 13.8. The molecule has 1 aliphatic rings. The Kier molecular flexibility index (Phi) is 5.18. The molecule has 0 unspecified atom stereocenters. The Morgan fingerprint density at radius 1 is 1.19 bits per heavy atom. The van der Waals surface area contributed by atoms with Gasteiger partial charge in [-0.15, -0.1) is 0 Å². The van der Waals surface area contributed by atoms with Crippen LogP contribution in [0, 0.1) is 5.82 Å². The van der Waals surface area contributed by atoms with E-state index in [2.05, 4.69) is 15.3 Å². The fraction of sp³-hybridized carbons (Fsp3) is 0.208. The van der Waals surface area contributed by atoms with Crippen LogP contribution in [0.2, 0.25) is 0 Å². The summed E-state index contributed by atoms with van der Waals surface area (Å²) in [6.07, 6.45) is 5.31. The number of hydrogen-bond acceptors (Lipinski definition) is 5. The third kappa shape index (κ3) is 3.64. The van der Waals surface area contributed by atoms with Crippen LogP contribution in [-0.2, 0) is 0 Å². The van der Waals surface area contributed by atoms with Crippen molar-refractivity contribution in [2.75, 3.05) is 23.9 Å². The summed E-state index contributed by atoms with van der Waals surface area (Å²) in [6.45, 7) is 0.821. The zero-order chi connectivity index (χ0) is 22.1. The Labute approximate surface area is 184 Å². The van der Waals surface area contributed by atoms with Crippen molar-refractivity contribution in [3.63, 3.8) is 0 Å². The highest BCUT2D eigenvalue weighted by molar-refractivity contribution is 6.07. The number of carbonyl (C=O) groups excluding carboxylic acids is 1. The summed E-state index contributed by atoms with van der Waals surface area (Å²) in [6, 6.07) is 15.7. The number of halogens is 1. The minimum Gasteiger partial charge on any atom is -0.496 e. The van der Waals surface area contributed by atoms with Crippen molar-refractivity contribution in [2.24, 2.45) is 0 Å². The van der Waals surface area contributed by atoms with Gasteiger partial charge < -0.3 is 15.0 Å². The number of rotatable bonds is 5. The van der Waals surface area contributed by atoms with E-state index in [4.69, 9.17) is 9.72 Å². The molecule has 1 amide bonds. The maximum Gasteiger partial charge on any atom is 0.259 e. The second-order valence-electron chi connectivity index (χ2n) is 7.67. The number of ether oxygens (including phenoxy) is 1. The lowest BCUT2D eigenvalue weighted by atomic mass is 10.0. The molecule has 2 aromatic heterocycles. The van der Waals surface area contributed by atoms with E-state index in [1.807, 2.05) is 24.4 Å². The summed E-state index contributed by atoms with van der Waals surface area (Å²) in [5.41, 5.74) is 2.40. The number of benzene rings is 2. The van der Waals surface area contributed by atoms with E-state index >= 15 is 0 Å². The molecule has 1 N–H and O–H groups in total. The molecule has 1 atom stereocenters. The third-order valence-corrected chi connectivity index (χ3v) is 5.73. The number of carbonyl (C=O) groups is 1. The van der Waals surface area contributed by atoms with Gasteiger partial charge in [-0.3, -0.25) is 4.79 Å². The van der Waals surface area contributed by atoms with Gasteiger partial charge in [-0.1, -0.05) is 24.3 Å². The Hall–Kier alpha value is -3.94. The number of nitrogens with zero attached hydrogens (tertiary/aromatic N) is 4. The van der Waals surface area contributed by atoms with Crippen LogP contribution in [0.25, 0.3) is 5.65 Å². The number of hydrogen-bond donors (Lipinski definition) is 1. The molecule has 0 aliphatic carbocycles. The SMILES string of the molecule is COc1ccccc1C(=O)Nc1cnn2ccc(N3CCC[C@@H]3c3cccc(F)c3)nc12. The number of methoxy groups -OCH3 is 1. The van der Waals surface area contributed by atoms with Crippen molar-refractivity contribution in [3.05, 3.63) is 83.9 Å². The summed E-state index contributed by atoms with van der Waals surface area (Å²) < 4.78 is 20.7. The summed E-state index contributed by atoms with van der Waals surface area (Å²) >= 11 is 0. The Morgan fingerprint density at radius 2 is 2.06 bits per heavy atom. The van der Waals surface area contributed by atoms with E-state index in [9.17, 15) is 9.18 Å². The summed E-state index contributed by atoms with van der Waals surface area (Å²) in [7, 11) is 1.53. The van der Waals surface area contributed by atoms with Crippen LogP contribution in [0.15, 0.2) is 67.0 Å². The largest absolute Gasteiger partial charge is 0.496 e. The molecular weight excluding hydrogens is 409 g/mol. The molecule has 8 heteroatoms. The fourth-order valence-corrected chi connectivity index (χ4v) is 4.23. The molecule has 32 heavy (non-hydrogen) atoms. The number of nitrogens with one attached hydrogen (secondary N) is 1. The highest BCUT2D eigenvalue weighted by atomic mass is 19.1. The van der Waals surface area contributed by atoms with E-state index < -0.39 is 0 Å². The first-order chi connectivity index (χ1) is 15.6. The number of amides is 1. The first-order valence-corrected chi connectivity index (χ1v) is 10.4. The quantitative estimate of drug-likeness (QED) is 0.505. The number of fused-ring (bicyclic) bond motifs is 1.